The molecule has 0 saturated heterocycles. The summed E-state index contributed by atoms with van der Waals surface area (Å²) in [5.74, 6) is -0.200. The Balaban J connectivity index is 1.66. The minimum Gasteiger partial charge on any atom is -0.343 e. The molecule has 0 saturated carbocycles. The third-order valence-electron chi connectivity index (χ3n) is 4.00. The lowest BCUT2D eigenvalue weighted by Gasteiger charge is -2.23. The largest absolute Gasteiger partial charge is 0.343 e. The number of thiophene rings is 1. The summed E-state index contributed by atoms with van der Waals surface area (Å²) in [5, 5.41) is 7.88. The van der Waals surface area contributed by atoms with Crippen molar-refractivity contribution in [1.82, 2.24) is 15.2 Å². The minimum absolute atomic E-state index is 0.0460. The number of nitrogens with one attached hydrogen (secondary N) is 2. The Kier molecular flexibility index (Phi) is 4.80. The first kappa shape index (κ1) is 16.4. The molecule has 0 aliphatic heterocycles. The molecule has 0 aromatic carbocycles. The summed E-state index contributed by atoms with van der Waals surface area (Å²) in [4.78, 5) is 31.1. The van der Waals surface area contributed by atoms with E-state index in [1.807, 2.05) is 0 Å². The van der Waals surface area contributed by atoms with Crippen LogP contribution >= 0.6 is 11.3 Å². The van der Waals surface area contributed by atoms with Gasteiger partial charge in [-0.2, -0.15) is 0 Å². The highest BCUT2D eigenvalue weighted by molar-refractivity contribution is 7.10. The number of rotatable bonds is 3. The average molecular weight is 344 g/mol. The van der Waals surface area contributed by atoms with Crippen LogP contribution in [-0.4, -0.2) is 35.9 Å². The summed E-state index contributed by atoms with van der Waals surface area (Å²) in [5.41, 5.74) is 2.07. The van der Waals surface area contributed by atoms with Crippen molar-refractivity contribution in [3.05, 3.63) is 45.9 Å². The zero-order chi connectivity index (χ0) is 17.1. The molecule has 0 spiro atoms. The fourth-order valence-corrected chi connectivity index (χ4v) is 3.80. The first-order valence-electron chi connectivity index (χ1n) is 7.86. The Morgan fingerprint density at radius 1 is 1.33 bits per heavy atom. The third kappa shape index (κ3) is 3.56. The van der Waals surface area contributed by atoms with Crippen molar-refractivity contribution < 1.29 is 9.59 Å². The number of aromatic nitrogens is 1. The molecule has 3 rings (SSSR count). The summed E-state index contributed by atoms with van der Waals surface area (Å²) in [6.45, 7) is 0. The molecule has 0 radical (unpaired) electrons. The molecule has 6 nitrogen and oxygen atoms in total. The SMILES string of the molecule is CN(C)C(=O)c1cc(NC(=O)NC2CCCc3sccc32)ccn1. The molecule has 7 heteroatoms. The number of hydrogen-bond donors (Lipinski definition) is 2. The average Bonchev–Trinajstić information content (AvgIpc) is 3.04. The van der Waals surface area contributed by atoms with E-state index in [0.29, 0.717) is 11.4 Å². The predicted molar refractivity (Wildman–Crippen MR) is 94.4 cm³/mol. The van der Waals surface area contributed by atoms with Crippen LogP contribution in [0.4, 0.5) is 10.5 Å². The second-order valence-electron chi connectivity index (χ2n) is 5.97. The van der Waals surface area contributed by atoms with Gasteiger partial charge in [-0.05, 0) is 48.4 Å². The fraction of sp³-hybridized carbons (Fsp3) is 0.353. The molecule has 1 atom stereocenters. The number of amides is 3. The lowest BCUT2D eigenvalue weighted by Crippen LogP contribution is -2.34. The molecule has 2 aromatic rings. The highest BCUT2D eigenvalue weighted by atomic mass is 32.1. The van der Waals surface area contributed by atoms with E-state index in [4.69, 9.17) is 0 Å². The van der Waals surface area contributed by atoms with Gasteiger partial charge in [0.2, 0.25) is 0 Å². The Labute approximate surface area is 144 Å². The van der Waals surface area contributed by atoms with Crippen molar-refractivity contribution >= 4 is 29.0 Å². The zero-order valence-corrected chi connectivity index (χ0v) is 14.5. The van der Waals surface area contributed by atoms with Crippen molar-refractivity contribution in [3.8, 4) is 0 Å². The van der Waals surface area contributed by atoms with E-state index in [2.05, 4.69) is 27.1 Å². The summed E-state index contributed by atoms with van der Waals surface area (Å²) in [6, 6.07) is 5.12. The number of carbonyl (C=O) groups is 2. The number of urea groups is 1. The molecule has 1 aliphatic rings. The highest BCUT2D eigenvalue weighted by Gasteiger charge is 2.22. The van der Waals surface area contributed by atoms with E-state index in [9.17, 15) is 9.59 Å². The van der Waals surface area contributed by atoms with Crippen molar-refractivity contribution in [2.75, 3.05) is 19.4 Å². The van der Waals surface area contributed by atoms with E-state index in [0.717, 1.165) is 19.3 Å². The van der Waals surface area contributed by atoms with Gasteiger partial charge < -0.3 is 15.5 Å². The predicted octanol–water partition coefficient (Wildman–Crippen LogP) is 3.04. The van der Waals surface area contributed by atoms with Gasteiger partial charge in [-0.3, -0.25) is 9.78 Å². The molecule has 2 heterocycles. The Morgan fingerprint density at radius 2 is 2.17 bits per heavy atom. The molecule has 1 unspecified atom stereocenters. The number of hydrogen-bond acceptors (Lipinski definition) is 4. The normalized spacial score (nSPS) is 16.2. The van der Waals surface area contributed by atoms with Crippen molar-refractivity contribution in [2.45, 2.75) is 25.3 Å². The fourth-order valence-electron chi connectivity index (χ4n) is 2.82. The van der Waals surface area contributed by atoms with E-state index in [1.54, 1.807) is 37.6 Å². The maximum atomic E-state index is 12.3. The van der Waals surface area contributed by atoms with E-state index in [-0.39, 0.29) is 18.0 Å². The van der Waals surface area contributed by atoms with Crippen molar-refractivity contribution in [2.24, 2.45) is 0 Å². The summed E-state index contributed by atoms with van der Waals surface area (Å²) in [6.07, 6.45) is 4.63. The Bertz CT molecular complexity index is 757. The van der Waals surface area contributed by atoms with Crippen LogP contribution in [0.1, 0.15) is 39.8 Å². The van der Waals surface area contributed by atoms with Gasteiger partial charge in [0.05, 0.1) is 6.04 Å². The zero-order valence-electron chi connectivity index (χ0n) is 13.7. The first-order chi connectivity index (χ1) is 11.5. The van der Waals surface area contributed by atoms with E-state index < -0.39 is 0 Å². The molecule has 2 aromatic heterocycles. The number of aryl methyl sites for hydroxylation is 1. The van der Waals surface area contributed by atoms with Crippen LogP contribution in [0.25, 0.3) is 0 Å². The minimum atomic E-state index is -0.270. The van der Waals surface area contributed by atoms with Crippen LogP contribution in [0.2, 0.25) is 0 Å². The van der Waals surface area contributed by atoms with Gasteiger partial charge in [-0.1, -0.05) is 0 Å². The van der Waals surface area contributed by atoms with Crippen LogP contribution in [0.15, 0.2) is 29.8 Å². The maximum Gasteiger partial charge on any atom is 0.319 e. The molecule has 0 bridgehead atoms. The smallest absolute Gasteiger partial charge is 0.319 e. The van der Waals surface area contributed by atoms with E-state index in [1.165, 1.54) is 21.5 Å². The summed E-state index contributed by atoms with van der Waals surface area (Å²) < 4.78 is 0. The maximum absolute atomic E-state index is 12.3. The highest BCUT2D eigenvalue weighted by Crippen LogP contribution is 2.33. The van der Waals surface area contributed by atoms with Gasteiger partial charge in [0.25, 0.3) is 5.91 Å². The van der Waals surface area contributed by atoms with Crippen LogP contribution in [0.3, 0.4) is 0 Å². The second kappa shape index (κ2) is 7.00. The van der Waals surface area contributed by atoms with Crippen LogP contribution in [0.5, 0.6) is 0 Å². The number of nitrogens with zero attached hydrogens (tertiary/aromatic N) is 2. The van der Waals surface area contributed by atoms with E-state index >= 15 is 0 Å². The lowest BCUT2D eigenvalue weighted by atomic mass is 9.94. The van der Waals surface area contributed by atoms with Crippen LogP contribution in [0, 0.1) is 0 Å². The number of carbonyl (C=O) groups excluding carboxylic acids is 2. The number of pyridine rings is 1. The molecular formula is C17H20N4O2S. The summed E-state index contributed by atoms with van der Waals surface area (Å²) in [7, 11) is 3.33. The van der Waals surface area contributed by atoms with Gasteiger partial charge in [-0.15, -0.1) is 11.3 Å². The topological polar surface area (TPSA) is 74.3 Å². The molecule has 1 aliphatic carbocycles. The standard InChI is InChI=1S/C17H20N4O2S/c1-21(2)16(22)14-10-11(6-8-18-14)19-17(23)20-13-4-3-5-15-12(13)7-9-24-15/h6-10,13H,3-5H2,1-2H3,(H2,18,19,20,23). The molecule has 3 amide bonds. The van der Waals surface area contributed by atoms with Gasteiger partial charge in [0.1, 0.15) is 5.69 Å². The van der Waals surface area contributed by atoms with Crippen molar-refractivity contribution in [1.29, 1.82) is 0 Å². The molecule has 126 valence electrons. The quantitative estimate of drug-likeness (QED) is 0.899. The second-order valence-corrected chi connectivity index (χ2v) is 6.97. The van der Waals surface area contributed by atoms with Crippen LogP contribution in [-0.2, 0) is 6.42 Å². The summed E-state index contributed by atoms with van der Waals surface area (Å²) >= 11 is 1.75. The van der Waals surface area contributed by atoms with Gasteiger partial charge >= 0.3 is 6.03 Å². The Hall–Kier alpha value is -2.41. The van der Waals surface area contributed by atoms with Crippen LogP contribution < -0.4 is 10.6 Å². The Morgan fingerprint density at radius 3 is 2.96 bits per heavy atom. The molecule has 2 N–H and O–H groups in total. The third-order valence-corrected chi connectivity index (χ3v) is 5.00. The monoisotopic (exact) mass is 344 g/mol. The van der Waals surface area contributed by atoms with Gasteiger partial charge in [0, 0.05) is 30.9 Å². The van der Waals surface area contributed by atoms with Crippen molar-refractivity contribution in [3.63, 3.8) is 0 Å². The van der Waals surface area contributed by atoms with Gasteiger partial charge in [-0.25, -0.2) is 4.79 Å². The molecule has 24 heavy (non-hydrogen) atoms. The lowest BCUT2D eigenvalue weighted by molar-refractivity contribution is 0.0822. The number of fused-ring (bicyclic) bond motifs is 1. The number of anilines is 1. The van der Waals surface area contributed by atoms with Gasteiger partial charge in [0.15, 0.2) is 0 Å². The molecular weight excluding hydrogens is 324 g/mol. The first-order valence-corrected chi connectivity index (χ1v) is 8.74. The molecule has 0 fully saturated rings.